The molecule has 1 fully saturated rings. The summed E-state index contributed by atoms with van der Waals surface area (Å²) < 4.78 is 11.6. The second-order valence-corrected chi connectivity index (χ2v) is 9.38. The van der Waals surface area contributed by atoms with Crippen molar-refractivity contribution in [1.82, 2.24) is 0 Å². The van der Waals surface area contributed by atoms with Crippen LogP contribution in [0.2, 0.25) is 5.02 Å². The molecule has 6 heteroatoms. The molecule has 1 aliphatic rings. The van der Waals surface area contributed by atoms with Crippen molar-refractivity contribution in [1.29, 1.82) is 0 Å². The van der Waals surface area contributed by atoms with Crippen LogP contribution in [0.1, 0.15) is 22.7 Å². The van der Waals surface area contributed by atoms with Gasteiger partial charge in [-0.15, -0.1) is 0 Å². The van der Waals surface area contributed by atoms with Crippen LogP contribution < -0.4 is 14.4 Å². The van der Waals surface area contributed by atoms with Gasteiger partial charge in [-0.1, -0.05) is 78.3 Å². The van der Waals surface area contributed by atoms with Gasteiger partial charge in [-0.3, -0.25) is 14.5 Å². The number of carbonyl (C=O) groups excluding carboxylic acids is 2. The molecular weight excluding hydrogens is 486 g/mol. The van der Waals surface area contributed by atoms with Gasteiger partial charge in [-0.05, 0) is 59.5 Å². The normalized spacial score (nSPS) is 17.2. The lowest BCUT2D eigenvalue weighted by molar-refractivity contribution is -0.135. The molecule has 5 rings (SSSR count). The predicted molar refractivity (Wildman–Crippen MR) is 144 cm³/mol. The number of benzene rings is 4. The Morgan fingerprint density at radius 2 is 1.46 bits per heavy atom. The third-order valence-electron chi connectivity index (χ3n) is 6.59. The maximum Gasteiger partial charge on any atom is 0.295 e. The van der Waals surface area contributed by atoms with Gasteiger partial charge in [0.05, 0.1) is 19.1 Å². The van der Waals surface area contributed by atoms with Crippen molar-refractivity contribution in [2.24, 2.45) is 5.92 Å². The monoisotopic (exact) mass is 511 g/mol. The Morgan fingerprint density at radius 3 is 2.14 bits per heavy atom. The van der Waals surface area contributed by atoms with Gasteiger partial charge < -0.3 is 9.47 Å². The molecule has 1 amide bonds. The van der Waals surface area contributed by atoms with Crippen molar-refractivity contribution >= 4 is 29.0 Å². The number of ketones is 1. The number of para-hydroxylation sites is 1. The van der Waals surface area contributed by atoms with Crippen LogP contribution >= 0.6 is 11.6 Å². The number of ether oxygens (including phenoxy) is 2. The zero-order valence-electron chi connectivity index (χ0n) is 20.3. The van der Waals surface area contributed by atoms with Crippen LogP contribution in [0.4, 0.5) is 5.69 Å². The van der Waals surface area contributed by atoms with Crippen molar-refractivity contribution in [2.75, 3.05) is 12.0 Å². The molecule has 0 saturated carbocycles. The van der Waals surface area contributed by atoms with Crippen molar-refractivity contribution in [3.05, 3.63) is 125 Å². The molecule has 1 heterocycles. The van der Waals surface area contributed by atoms with Crippen molar-refractivity contribution < 1.29 is 19.1 Å². The van der Waals surface area contributed by atoms with Crippen LogP contribution in [0.25, 0.3) is 0 Å². The molecule has 1 aliphatic heterocycles. The summed E-state index contributed by atoms with van der Waals surface area (Å²) >= 11 is 6.13. The highest BCUT2D eigenvalue weighted by molar-refractivity contribution is 6.45. The molecule has 0 bridgehead atoms. The van der Waals surface area contributed by atoms with Crippen molar-refractivity contribution in [3.8, 4) is 11.5 Å². The molecule has 2 atom stereocenters. The summed E-state index contributed by atoms with van der Waals surface area (Å²) in [7, 11) is 1.59. The van der Waals surface area contributed by atoms with E-state index in [4.69, 9.17) is 21.1 Å². The van der Waals surface area contributed by atoms with Gasteiger partial charge in [0.1, 0.15) is 6.61 Å². The van der Waals surface area contributed by atoms with Gasteiger partial charge >= 0.3 is 0 Å². The highest BCUT2D eigenvalue weighted by atomic mass is 35.5. The minimum Gasteiger partial charge on any atom is -0.493 e. The Kier molecular flexibility index (Phi) is 7.24. The molecule has 2 unspecified atom stereocenters. The molecule has 0 N–H and O–H groups in total. The Balaban J connectivity index is 1.44. The third kappa shape index (κ3) is 5.23. The van der Waals surface area contributed by atoms with Crippen LogP contribution in [0.5, 0.6) is 11.5 Å². The first-order chi connectivity index (χ1) is 18.0. The van der Waals surface area contributed by atoms with Gasteiger partial charge in [0.25, 0.3) is 5.91 Å². The molecule has 186 valence electrons. The van der Waals surface area contributed by atoms with E-state index in [0.717, 1.165) is 16.7 Å². The number of anilines is 1. The van der Waals surface area contributed by atoms with E-state index in [2.05, 4.69) is 0 Å². The van der Waals surface area contributed by atoms with Crippen LogP contribution in [0, 0.1) is 5.92 Å². The molecule has 37 heavy (non-hydrogen) atoms. The largest absolute Gasteiger partial charge is 0.493 e. The predicted octanol–water partition coefficient (Wildman–Crippen LogP) is 6.44. The molecule has 1 saturated heterocycles. The van der Waals surface area contributed by atoms with E-state index in [9.17, 15) is 9.59 Å². The first-order valence-electron chi connectivity index (χ1n) is 12.1. The zero-order chi connectivity index (χ0) is 25.8. The molecule has 0 radical (unpaired) electrons. The standard InChI is InChI=1S/C31H26ClNO4/c1-36-28-19-22(12-17-27(28)37-20-21-8-4-2-5-9-21)18-26-29(23-13-15-24(32)16-14-23)33(31(35)30(26)34)25-10-6-3-7-11-25/h2-17,19,26,29H,18,20H2,1H3. The molecule has 4 aromatic rings. The van der Waals surface area contributed by atoms with Gasteiger partial charge in [0.15, 0.2) is 11.5 Å². The number of carbonyl (C=O) groups is 2. The average molecular weight is 512 g/mol. The van der Waals surface area contributed by atoms with E-state index in [-0.39, 0.29) is 0 Å². The summed E-state index contributed by atoms with van der Waals surface area (Å²) in [5.41, 5.74) is 3.47. The van der Waals surface area contributed by atoms with E-state index in [1.807, 2.05) is 91.0 Å². The fourth-order valence-corrected chi connectivity index (χ4v) is 4.91. The van der Waals surface area contributed by atoms with Crippen molar-refractivity contribution in [2.45, 2.75) is 19.1 Å². The van der Waals surface area contributed by atoms with Crippen LogP contribution in [0.3, 0.4) is 0 Å². The number of hydrogen-bond donors (Lipinski definition) is 0. The maximum absolute atomic E-state index is 13.4. The zero-order valence-corrected chi connectivity index (χ0v) is 21.1. The van der Waals surface area contributed by atoms with E-state index >= 15 is 0 Å². The van der Waals surface area contributed by atoms with E-state index in [1.54, 1.807) is 24.1 Å². The minimum absolute atomic E-state index is 0.372. The fourth-order valence-electron chi connectivity index (χ4n) is 4.79. The van der Waals surface area contributed by atoms with Crippen LogP contribution in [-0.4, -0.2) is 18.8 Å². The minimum atomic E-state index is -0.574. The SMILES string of the molecule is COc1cc(CC2C(=O)C(=O)N(c3ccccc3)C2c2ccc(Cl)cc2)ccc1OCc1ccccc1. The fraction of sp³-hybridized carbons (Fsp3) is 0.161. The number of hydrogen-bond acceptors (Lipinski definition) is 4. The second-order valence-electron chi connectivity index (χ2n) is 8.94. The lowest BCUT2D eigenvalue weighted by Crippen LogP contribution is -2.29. The number of methoxy groups -OCH3 is 1. The van der Waals surface area contributed by atoms with Gasteiger partial charge in [-0.2, -0.15) is 0 Å². The maximum atomic E-state index is 13.4. The Bertz CT molecular complexity index is 1390. The smallest absolute Gasteiger partial charge is 0.295 e. The summed E-state index contributed by atoms with van der Waals surface area (Å²) in [6, 6.07) is 31.7. The Labute approximate surface area is 221 Å². The number of nitrogens with zero attached hydrogens (tertiary/aromatic N) is 1. The third-order valence-corrected chi connectivity index (χ3v) is 6.84. The Hall–Kier alpha value is -4.09. The van der Waals surface area contributed by atoms with Crippen LogP contribution in [-0.2, 0) is 22.6 Å². The van der Waals surface area contributed by atoms with E-state index in [0.29, 0.717) is 35.2 Å². The second kappa shape index (κ2) is 10.9. The highest BCUT2D eigenvalue weighted by Gasteiger charge is 2.48. The number of halogens is 1. The topological polar surface area (TPSA) is 55.8 Å². The molecule has 4 aromatic carbocycles. The first-order valence-corrected chi connectivity index (χ1v) is 12.4. The Morgan fingerprint density at radius 1 is 0.784 bits per heavy atom. The quantitative estimate of drug-likeness (QED) is 0.255. The van der Waals surface area contributed by atoms with E-state index in [1.165, 1.54) is 0 Å². The molecular formula is C31H26ClNO4. The summed E-state index contributed by atoms with van der Waals surface area (Å²) in [6.07, 6.45) is 0.372. The first kappa shape index (κ1) is 24.6. The highest BCUT2D eigenvalue weighted by Crippen LogP contribution is 2.42. The van der Waals surface area contributed by atoms with Crippen LogP contribution in [0.15, 0.2) is 103 Å². The summed E-state index contributed by atoms with van der Waals surface area (Å²) in [4.78, 5) is 28.2. The molecule has 5 nitrogen and oxygen atoms in total. The van der Waals surface area contributed by atoms with Crippen molar-refractivity contribution in [3.63, 3.8) is 0 Å². The summed E-state index contributed by atoms with van der Waals surface area (Å²) in [6.45, 7) is 0.414. The number of amides is 1. The average Bonchev–Trinajstić information content (AvgIpc) is 3.18. The lowest BCUT2D eigenvalue weighted by Gasteiger charge is -2.28. The van der Waals surface area contributed by atoms with E-state index < -0.39 is 23.7 Å². The molecule has 0 aliphatic carbocycles. The summed E-state index contributed by atoms with van der Waals surface area (Å²) in [5, 5.41) is 0.595. The molecule has 0 aromatic heterocycles. The lowest BCUT2D eigenvalue weighted by atomic mass is 9.87. The van der Waals surface area contributed by atoms with Gasteiger partial charge in [0, 0.05) is 10.7 Å². The molecule has 0 spiro atoms. The van der Waals surface area contributed by atoms with Gasteiger partial charge in [-0.25, -0.2) is 0 Å². The number of Topliss-reactive ketones (excluding diaryl/α,β-unsaturated/α-hetero) is 1. The van der Waals surface area contributed by atoms with Gasteiger partial charge in [0.2, 0.25) is 5.78 Å². The number of rotatable bonds is 8. The summed E-state index contributed by atoms with van der Waals surface area (Å²) in [5.74, 6) is -0.301.